The molecule has 0 radical (unpaired) electrons. The summed E-state index contributed by atoms with van der Waals surface area (Å²) in [5.41, 5.74) is 0.241. The lowest BCUT2D eigenvalue weighted by Crippen LogP contribution is -2.54. The molecule has 1 N–H and O–H groups in total. The molecule has 3 aromatic rings. The van der Waals surface area contributed by atoms with Crippen molar-refractivity contribution in [1.29, 1.82) is 0 Å². The van der Waals surface area contributed by atoms with Crippen LogP contribution in [0.4, 0.5) is 10.1 Å². The van der Waals surface area contributed by atoms with Gasteiger partial charge >= 0.3 is 0 Å². The molecule has 0 saturated heterocycles. The van der Waals surface area contributed by atoms with Crippen molar-refractivity contribution in [2.24, 2.45) is 0 Å². The lowest BCUT2D eigenvalue weighted by atomic mass is 10.1. The summed E-state index contributed by atoms with van der Waals surface area (Å²) in [5, 5.41) is 2.88. The Balaban J connectivity index is 2.02. The molecule has 0 aliphatic rings. The second kappa shape index (κ2) is 13.0. The second-order valence-corrected chi connectivity index (χ2v) is 12.3. The molecule has 3 aromatic carbocycles. The Kier molecular flexibility index (Phi) is 9.98. The van der Waals surface area contributed by atoms with Crippen molar-refractivity contribution in [3.05, 3.63) is 84.2 Å². The number of sulfonamides is 1. The number of halogens is 1. The Morgan fingerprint density at radius 3 is 1.88 bits per heavy atom. The van der Waals surface area contributed by atoms with E-state index in [9.17, 15) is 22.4 Å². The van der Waals surface area contributed by atoms with E-state index in [1.54, 1.807) is 31.2 Å². The predicted octanol–water partition coefficient (Wildman–Crippen LogP) is 4.37. The number of anilines is 1. The van der Waals surface area contributed by atoms with E-state index in [-0.39, 0.29) is 17.1 Å². The number of ether oxygens (including phenoxy) is 2. The van der Waals surface area contributed by atoms with Crippen molar-refractivity contribution in [3.63, 3.8) is 0 Å². The molecule has 0 heterocycles. The van der Waals surface area contributed by atoms with Crippen LogP contribution in [0.3, 0.4) is 0 Å². The van der Waals surface area contributed by atoms with E-state index in [1.807, 2.05) is 20.8 Å². The number of benzene rings is 3. The molecule has 0 aliphatic carbocycles. The smallest absolute Gasteiger partial charge is 0.264 e. The minimum Gasteiger partial charge on any atom is -0.497 e. The van der Waals surface area contributed by atoms with Crippen LogP contribution in [0.25, 0.3) is 0 Å². The number of amides is 2. The third-order valence-electron chi connectivity index (χ3n) is 6.22. The summed E-state index contributed by atoms with van der Waals surface area (Å²) in [6.45, 7) is 6.45. The Morgan fingerprint density at radius 2 is 1.39 bits per heavy atom. The molecule has 41 heavy (non-hydrogen) atoms. The van der Waals surface area contributed by atoms with Crippen molar-refractivity contribution in [3.8, 4) is 11.5 Å². The highest BCUT2D eigenvalue weighted by atomic mass is 32.2. The molecular formula is C30H36FN3O6S. The third-order valence-corrected chi connectivity index (χ3v) is 8.01. The fraction of sp³-hybridized carbons (Fsp3) is 0.333. The lowest BCUT2D eigenvalue weighted by Gasteiger charge is -2.33. The van der Waals surface area contributed by atoms with E-state index in [0.29, 0.717) is 17.1 Å². The fourth-order valence-corrected chi connectivity index (χ4v) is 5.41. The van der Waals surface area contributed by atoms with Crippen LogP contribution in [0, 0.1) is 5.82 Å². The number of hydrogen-bond donors (Lipinski definition) is 1. The van der Waals surface area contributed by atoms with Gasteiger partial charge < -0.3 is 19.7 Å². The third kappa shape index (κ3) is 8.20. The molecule has 0 aliphatic heterocycles. The Labute approximate surface area is 240 Å². The maximum absolute atomic E-state index is 13.9. The Bertz CT molecular complexity index is 1440. The number of methoxy groups -OCH3 is 2. The van der Waals surface area contributed by atoms with Gasteiger partial charge in [-0.15, -0.1) is 0 Å². The van der Waals surface area contributed by atoms with Crippen LogP contribution in [-0.4, -0.2) is 57.5 Å². The average Bonchev–Trinajstić information content (AvgIpc) is 2.94. The van der Waals surface area contributed by atoms with E-state index in [4.69, 9.17) is 9.47 Å². The highest BCUT2D eigenvalue weighted by molar-refractivity contribution is 7.92. The van der Waals surface area contributed by atoms with Gasteiger partial charge in [0.15, 0.2) is 0 Å². The highest BCUT2D eigenvalue weighted by Crippen LogP contribution is 2.26. The zero-order valence-corrected chi connectivity index (χ0v) is 24.9. The number of carbonyl (C=O) groups is 2. The van der Waals surface area contributed by atoms with Crippen LogP contribution in [0.2, 0.25) is 0 Å². The maximum atomic E-state index is 13.9. The van der Waals surface area contributed by atoms with Crippen LogP contribution in [0.5, 0.6) is 11.5 Å². The molecule has 0 spiro atoms. The van der Waals surface area contributed by atoms with E-state index < -0.39 is 45.8 Å². The minimum absolute atomic E-state index is 0.0292. The molecule has 11 heteroatoms. The standard InChI is InChI=1S/C30H36FN3O6S/c1-21(29(36)32-30(2,3)4)33(19-22-7-13-25(39-5)14-8-22)28(35)20-34(24-11-9-23(31)10-12-24)41(37,38)27-17-15-26(40-6)16-18-27/h7-18,21H,19-20H2,1-6H3,(H,32,36)/t21-/m1/s1. The Hall–Kier alpha value is -4.12. The summed E-state index contributed by atoms with van der Waals surface area (Å²) in [4.78, 5) is 28.3. The van der Waals surface area contributed by atoms with E-state index in [1.165, 1.54) is 55.5 Å². The van der Waals surface area contributed by atoms with Gasteiger partial charge in [0.25, 0.3) is 10.0 Å². The SMILES string of the molecule is COc1ccc(CN(C(=O)CN(c2ccc(F)cc2)S(=O)(=O)c2ccc(OC)cc2)[C@H](C)C(=O)NC(C)(C)C)cc1. The lowest BCUT2D eigenvalue weighted by molar-refractivity contribution is -0.140. The van der Waals surface area contributed by atoms with Crippen molar-refractivity contribution in [1.82, 2.24) is 10.2 Å². The normalized spacial score (nSPS) is 12.3. The molecule has 0 saturated carbocycles. The van der Waals surface area contributed by atoms with E-state index in [2.05, 4.69) is 5.32 Å². The molecule has 0 bridgehead atoms. The van der Waals surface area contributed by atoms with Gasteiger partial charge in [0.05, 0.1) is 24.8 Å². The molecule has 0 fully saturated rings. The summed E-state index contributed by atoms with van der Waals surface area (Å²) in [5.74, 6) is -0.504. The van der Waals surface area contributed by atoms with Gasteiger partial charge in [-0.25, -0.2) is 12.8 Å². The first kappa shape index (κ1) is 31.4. The first-order valence-corrected chi connectivity index (χ1v) is 14.4. The largest absolute Gasteiger partial charge is 0.497 e. The van der Waals surface area contributed by atoms with Crippen molar-refractivity contribution in [2.75, 3.05) is 25.1 Å². The number of nitrogens with zero attached hydrogens (tertiary/aromatic N) is 2. The van der Waals surface area contributed by atoms with Crippen molar-refractivity contribution >= 4 is 27.5 Å². The predicted molar refractivity (Wildman–Crippen MR) is 155 cm³/mol. The molecule has 0 aromatic heterocycles. The summed E-state index contributed by atoms with van der Waals surface area (Å²) in [6.07, 6.45) is 0. The minimum atomic E-state index is -4.29. The molecule has 220 valence electrons. The Morgan fingerprint density at radius 1 is 0.878 bits per heavy atom. The molecule has 2 amide bonds. The van der Waals surface area contributed by atoms with Gasteiger partial charge in [-0.2, -0.15) is 0 Å². The zero-order valence-electron chi connectivity index (χ0n) is 24.0. The van der Waals surface area contributed by atoms with Gasteiger partial charge in [0.1, 0.15) is 29.9 Å². The number of hydrogen-bond acceptors (Lipinski definition) is 6. The first-order chi connectivity index (χ1) is 19.2. The van der Waals surface area contributed by atoms with E-state index in [0.717, 1.165) is 16.4 Å². The van der Waals surface area contributed by atoms with Crippen LogP contribution in [0.15, 0.2) is 77.7 Å². The molecular weight excluding hydrogens is 549 g/mol. The van der Waals surface area contributed by atoms with E-state index >= 15 is 0 Å². The summed E-state index contributed by atoms with van der Waals surface area (Å²) < 4.78 is 52.7. The summed E-state index contributed by atoms with van der Waals surface area (Å²) in [7, 11) is -1.29. The first-order valence-electron chi connectivity index (χ1n) is 12.9. The maximum Gasteiger partial charge on any atom is 0.264 e. The van der Waals surface area contributed by atoms with Gasteiger partial charge in [-0.1, -0.05) is 12.1 Å². The van der Waals surface area contributed by atoms with Gasteiger partial charge in [0.2, 0.25) is 11.8 Å². The topological polar surface area (TPSA) is 105 Å². The van der Waals surface area contributed by atoms with Crippen LogP contribution in [0.1, 0.15) is 33.3 Å². The van der Waals surface area contributed by atoms with Crippen LogP contribution in [-0.2, 0) is 26.2 Å². The number of nitrogens with one attached hydrogen (secondary N) is 1. The average molecular weight is 586 g/mol. The number of rotatable bonds is 11. The molecule has 1 atom stereocenters. The summed E-state index contributed by atoms with van der Waals surface area (Å²) in [6, 6.07) is 16.6. The molecule has 3 rings (SSSR count). The van der Waals surface area contributed by atoms with Crippen molar-refractivity contribution in [2.45, 2.75) is 50.7 Å². The van der Waals surface area contributed by atoms with Gasteiger partial charge in [-0.05, 0) is 93.9 Å². The van der Waals surface area contributed by atoms with Crippen molar-refractivity contribution < 1.29 is 31.9 Å². The van der Waals surface area contributed by atoms with Gasteiger partial charge in [0, 0.05) is 12.1 Å². The number of carbonyl (C=O) groups excluding carboxylic acids is 2. The van der Waals surface area contributed by atoms with Crippen LogP contribution < -0.4 is 19.1 Å². The summed E-state index contributed by atoms with van der Waals surface area (Å²) >= 11 is 0. The quantitative estimate of drug-likeness (QED) is 0.358. The highest BCUT2D eigenvalue weighted by Gasteiger charge is 2.33. The monoisotopic (exact) mass is 585 g/mol. The second-order valence-electron chi connectivity index (χ2n) is 10.4. The molecule has 0 unspecified atom stereocenters. The van der Waals surface area contributed by atoms with Gasteiger partial charge in [-0.3, -0.25) is 13.9 Å². The zero-order chi connectivity index (χ0) is 30.4. The fourth-order valence-electron chi connectivity index (χ4n) is 4.00. The van der Waals surface area contributed by atoms with Crippen LogP contribution >= 0.6 is 0 Å². The molecule has 9 nitrogen and oxygen atoms in total.